The Morgan fingerprint density at radius 2 is 2.35 bits per heavy atom. The van der Waals surface area contributed by atoms with Crippen molar-refractivity contribution in [3.05, 3.63) is 42.7 Å². The topological polar surface area (TPSA) is 54.1 Å². The average Bonchev–Trinajstić information content (AvgIpc) is 2.78. The zero-order chi connectivity index (χ0) is 12.1. The van der Waals surface area contributed by atoms with Crippen LogP contribution in [0.3, 0.4) is 0 Å². The maximum absolute atomic E-state index is 11.1. The summed E-state index contributed by atoms with van der Waals surface area (Å²) in [6, 6.07) is 7.87. The van der Waals surface area contributed by atoms with Crippen molar-refractivity contribution in [2.24, 2.45) is 0 Å². The molecule has 1 aromatic carbocycles. The van der Waals surface area contributed by atoms with Gasteiger partial charge in [0.15, 0.2) is 0 Å². The summed E-state index contributed by atoms with van der Waals surface area (Å²) < 4.78 is 4.78. The van der Waals surface area contributed by atoms with Gasteiger partial charge in [0, 0.05) is 35.1 Å². The summed E-state index contributed by atoms with van der Waals surface area (Å²) in [6.07, 6.45) is 4.83. The molecule has 0 radical (unpaired) electrons. The molecule has 0 saturated heterocycles. The van der Waals surface area contributed by atoms with E-state index in [0.717, 1.165) is 16.6 Å². The number of esters is 1. The van der Waals surface area contributed by atoms with Gasteiger partial charge in [0.2, 0.25) is 0 Å². The summed E-state index contributed by atoms with van der Waals surface area (Å²) in [6.45, 7) is 2.16. The van der Waals surface area contributed by atoms with E-state index in [0.29, 0.717) is 6.61 Å². The number of fused-ring (bicyclic) bond motifs is 1. The van der Waals surface area contributed by atoms with Crippen molar-refractivity contribution < 1.29 is 9.53 Å². The zero-order valence-electron chi connectivity index (χ0n) is 9.57. The Balaban J connectivity index is 2.08. The van der Waals surface area contributed by atoms with E-state index in [-0.39, 0.29) is 5.97 Å². The summed E-state index contributed by atoms with van der Waals surface area (Å²) in [4.78, 5) is 14.2. The van der Waals surface area contributed by atoms with E-state index in [2.05, 4.69) is 10.3 Å². The first-order valence-corrected chi connectivity index (χ1v) is 5.47. The molecule has 2 rings (SSSR count). The molecule has 1 heterocycles. The lowest BCUT2D eigenvalue weighted by Crippen LogP contribution is -2.00. The van der Waals surface area contributed by atoms with Crippen LogP contribution in [0.2, 0.25) is 0 Å². The SMILES string of the molecule is CCOC(=O)/C=C/Nc1cccc2[nH]ccc12. The van der Waals surface area contributed by atoms with Gasteiger partial charge in [-0.2, -0.15) is 0 Å². The van der Waals surface area contributed by atoms with Gasteiger partial charge in [0.05, 0.1) is 6.61 Å². The molecule has 1 aromatic heterocycles. The molecule has 0 atom stereocenters. The van der Waals surface area contributed by atoms with Crippen LogP contribution >= 0.6 is 0 Å². The van der Waals surface area contributed by atoms with Crippen LogP contribution in [0.4, 0.5) is 5.69 Å². The fourth-order valence-electron chi connectivity index (χ4n) is 1.60. The van der Waals surface area contributed by atoms with E-state index in [1.807, 2.05) is 30.5 Å². The maximum Gasteiger partial charge on any atom is 0.332 e. The maximum atomic E-state index is 11.1. The molecule has 0 bridgehead atoms. The number of carbonyl (C=O) groups is 1. The smallest absolute Gasteiger partial charge is 0.332 e. The minimum Gasteiger partial charge on any atom is -0.463 e. The lowest BCUT2D eigenvalue weighted by molar-refractivity contribution is -0.137. The summed E-state index contributed by atoms with van der Waals surface area (Å²) in [5.74, 6) is -0.346. The van der Waals surface area contributed by atoms with Crippen LogP contribution in [-0.2, 0) is 9.53 Å². The molecular formula is C13H14N2O2. The van der Waals surface area contributed by atoms with Crippen LogP contribution in [0.5, 0.6) is 0 Å². The van der Waals surface area contributed by atoms with Crippen molar-refractivity contribution >= 4 is 22.6 Å². The molecule has 0 spiro atoms. The number of benzene rings is 1. The number of rotatable bonds is 4. The van der Waals surface area contributed by atoms with E-state index >= 15 is 0 Å². The van der Waals surface area contributed by atoms with Crippen molar-refractivity contribution in [1.29, 1.82) is 0 Å². The number of aromatic nitrogens is 1. The molecule has 0 unspecified atom stereocenters. The minimum absolute atomic E-state index is 0.346. The highest BCUT2D eigenvalue weighted by molar-refractivity contribution is 5.92. The number of nitrogens with one attached hydrogen (secondary N) is 2. The van der Waals surface area contributed by atoms with E-state index in [1.54, 1.807) is 13.1 Å². The summed E-state index contributed by atoms with van der Waals surface area (Å²) in [5, 5.41) is 4.15. The first kappa shape index (κ1) is 11.3. The normalized spacial score (nSPS) is 10.9. The van der Waals surface area contributed by atoms with Crippen LogP contribution in [0.1, 0.15) is 6.92 Å². The first-order valence-electron chi connectivity index (χ1n) is 5.47. The number of hydrogen-bond donors (Lipinski definition) is 2. The van der Waals surface area contributed by atoms with Gasteiger partial charge in [-0.3, -0.25) is 0 Å². The van der Waals surface area contributed by atoms with Crippen molar-refractivity contribution in [2.45, 2.75) is 6.92 Å². The first-order chi connectivity index (χ1) is 8.31. The molecule has 0 saturated carbocycles. The number of H-pyrrole nitrogens is 1. The number of ether oxygens (including phenoxy) is 1. The van der Waals surface area contributed by atoms with Gasteiger partial charge in [-0.25, -0.2) is 4.79 Å². The Labute approximate surface area is 99.3 Å². The molecule has 2 aromatic rings. The number of carbonyl (C=O) groups excluding carboxylic acids is 1. The van der Waals surface area contributed by atoms with Crippen LogP contribution < -0.4 is 5.32 Å². The summed E-state index contributed by atoms with van der Waals surface area (Å²) in [5.41, 5.74) is 2.00. The molecule has 17 heavy (non-hydrogen) atoms. The highest BCUT2D eigenvalue weighted by atomic mass is 16.5. The Morgan fingerprint density at radius 3 is 3.18 bits per heavy atom. The number of hydrogen-bond acceptors (Lipinski definition) is 3. The van der Waals surface area contributed by atoms with Gasteiger partial charge < -0.3 is 15.0 Å². The standard InChI is InChI=1S/C13H14N2O2/c1-2-17-13(16)7-9-15-12-5-3-4-11-10(12)6-8-14-11/h3-9,14-15H,2H2,1H3/b9-7+. The van der Waals surface area contributed by atoms with Crippen LogP contribution in [0.25, 0.3) is 10.9 Å². The van der Waals surface area contributed by atoms with E-state index in [9.17, 15) is 4.79 Å². The molecule has 0 fully saturated rings. The van der Waals surface area contributed by atoms with Crippen molar-refractivity contribution in [3.63, 3.8) is 0 Å². The molecule has 4 nitrogen and oxygen atoms in total. The average molecular weight is 230 g/mol. The second-order valence-corrected chi connectivity index (χ2v) is 3.47. The van der Waals surface area contributed by atoms with Crippen molar-refractivity contribution in [3.8, 4) is 0 Å². The minimum atomic E-state index is -0.346. The van der Waals surface area contributed by atoms with Gasteiger partial charge in [-0.1, -0.05) is 6.07 Å². The number of aromatic amines is 1. The Morgan fingerprint density at radius 1 is 1.47 bits per heavy atom. The lowest BCUT2D eigenvalue weighted by atomic mass is 10.2. The predicted octanol–water partition coefficient (Wildman–Crippen LogP) is 2.66. The van der Waals surface area contributed by atoms with Crippen LogP contribution in [0.15, 0.2) is 42.7 Å². The summed E-state index contributed by atoms with van der Waals surface area (Å²) >= 11 is 0. The third kappa shape index (κ3) is 2.66. The highest BCUT2D eigenvalue weighted by Crippen LogP contribution is 2.21. The summed E-state index contributed by atoms with van der Waals surface area (Å²) in [7, 11) is 0. The molecule has 4 heteroatoms. The quantitative estimate of drug-likeness (QED) is 0.627. The third-order valence-electron chi connectivity index (χ3n) is 2.34. The largest absolute Gasteiger partial charge is 0.463 e. The Kier molecular flexibility index (Phi) is 3.45. The molecule has 0 aliphatic carbocycles. The van der Waals surface area contributed by atoms with Crippen molar-refractivity contribution in [1.82, 2.24) is 4.98 Å². The van der Waals surface area contributed by atoms with E-state index in [1.165, 1.54) is 6.08 Å². The molecule has 0 aliphatic heterocycles. The molecule has 88 valence electrons. The van der Waals surface area contributed by atoms with Gasteiger partial charge in [0.25, 0.3) is 0 Å². The molecule has 2 N–H and O–H groups in total. The molecule has 0 aliphatic rings. The fourth-order valence-corrected chi connectivity index (χ4v) is 1.60. The van der Waals surface area contributed by atoms with Gasteiger partial charge in [-0.15, -0.1) is 0 Å². The Hall–Kier alpha value is -2.23. The van der Waals surface area contributed by atoms with Crippen molar-refractivity contribution in [2.75, 3.05) is 11.9 Å². The number of anilines is 1. The second kappa shape index (κ2) is 5.21. The van der Waals surface area contributed by atoms with Gasteiger partial charge >= 0.3 is 5.97 Å². The van der Waals surface area contributed by atoms with E-state index in [4.69, 9.17) is 4.74 Å². The van der Waals surface area contributed by atoms with E-state index < -0.39 is 0 Å². The lowest BCUT2D eigenvalue weighted by Gasteiger charge is -2.02. The third-order valence-corrected chi connectivity index (χ3v) is 2.34. The fraction of sp³-hybridized carbons (Fsp3) is 0.154. The molecule has 0 amide bonds. The molecular weight excluding hydrogens is 216 g/mol. The second-order valence-electron chi connectivity index (χ2n) is 3.47. The van der Waals surface area contributed by atoms with Crippen LogP contribution in [-0.4, -0.2) is 17.6 Å². The van der Waals surface area contributed by atoms with Crippen LogP contribution in [0, 0.1) is 0 Å². The van der Waals surface area contributed by atoms with Gasteiger partial charge in [-0.05, 0) is 25.1 Å². The monoisotopic (exact) mass is 230 g/mol. The zero-order valence-corrected chi connectivity index (χ0v) is 9.57. The van der Waals surface area contributed by atoms with Gasteiger partial charge in [0.1, 0.15) is 0 Å². The highest BCUT2D eigenvalue weighted by Gasteiger charge is 1.99. The Bertz CT molecular complexity index is 543. The predicted molar refractivity (Wildman–Crippen MR) is 67.7 cm³/mol.